The van der Waals surface area contributed by atoms with Crippen LogP contribution in [0.15, 0.2) is 12.1 Å². The van der Waals surface area contributed by atoms with E-state index in [0.717, 1.165) is 44.5 Å². The third-order valence-electron chi connectivity index (χ3n) is 6.52. The molecular formula is C31H44O4. The lowest BCUT2D eigenvalue weighted by atomic mass is 9.77. The number of esters is 2. The Labute approximate surface area is 212 Å². The van der Waals surface area contributed by atoms with Crippen molar-refractivity contribution in [1.82, 2.24) is 0 Å². The molecule has 35 heavy (non-hydrogen) atoms. The topological polar surface area (TPSA) is 52.6 Å². The minimum absolute atomic E-state index is 0.273. The molecule has 0 aromatic heterocycles. The maximum Gasteiger partial charge on any atom is 0.316 e. The predicted octanol–water partition coefficient (Wildman–Crippen LogP) is 8.06. The zero-order valence-electron chi connectivity index (χ0n) is 24.3. The van der Waals surface area contributed by atoms with Crippen molar-refractivity contribution in [2.24, 2.45) is 5.41 Å². The zero-order chi connectivity index (χ0) is 27.3. The molecule has 2 aromatic rings. The van der Waals surface area contributed by atoms with Crippen molar-refractivity contribution >= 4 is 11.9 Å². The molecule has 0 amide bonds. The molecule has 0 atom stereocenters. The fourth-order valence-corrected chi connectivity index (χ4v) is 4.10. The highest BCUT2D eigenvalue weighted by Crippen LogP contribution is 2.50. The van der Waals surface area contributed by atoms with Crippen LogP contribution in [0.4, 0.5) is 0 Å². The van der Waals surface area contributed by atoms with Gasteiger partial charge in [-0.25, -0.2) is 0 Å². The van der Waals surface area contributed by atoms with E-state index < -0.39 is 5.41 Å². The average Bonchev–Trinajstić information content (AvgIpc) is 2.65. The molecule has 0 radical (unpaired) electrons. The van der Waals surface area contributed by atoms with Gasteiger partial charge in [0, 0.05) is 29.2 Å². The first-order valence-electron chi connectivity index (χ1n) is 12.4. The Bertz CT molecular complexity index is 1160. The van der Waals surface area contributed by atoms with Gasteiger partial charge < -0.3 is 9.47 Å². The molecule has 4 heteroatoms. The molecule has 0 saturated carbocycles. The summed E-state index contributed by atoms with van der Waals surface area (Å²) in [5.74, 6) is 0.398. The van der Waals surface area contributed by atoms with E-state index in [4.69, 9.17) is 9.47 Å². The van der Waals surface area contributed by atoms with Crippen molar-refractivity contribution in [1.29, 1.82) is 0 Å². The largest absolute Gasteiger partial charge is 0.426 e. The maximum atomic E-state index is 13.2. The van der Waals surface area contributed by atoms with E-state index in [1.807, 2.05) is 34.6 Å². The van der Waals surface area contributed by atoms with Crippen molar-refractivity contribution in [2.45, 2.75) is 108 Å². The molecule has 4 nitrogen and oxygen atoms in total. The van der Waals surface area contributed by atoms with Crippen LogP contribution >= 0.6 is 0 Å². The summed E-state index contributed by atoms with van der Waals surface area (Å²) in [5.41, 5.74) is 6.45. The van der Waals surface area contributed by atoms with Crippen LogP contribution in [0.2, 0.25) is 0 Å². The van der Waals surface area contributed by atoms with Crippen LogP contribution in [0, 0.1) is 33.1 Å². The minimum atomic E-state index is -0.678. The number of benzene rings is 2. The van der Waals surface area contributed by atoms with E-state index in [0.29, 0.717) is 11.5 Å². The molecule has 0 bridgehead atoms. The van der Waals surface area contributed by atoms with Crippen LogP contribution < -0.4 is 9.47 Å². The number of ether oxygens (including phenoxy) is 2. The van der Waals surface area contributed by atoms with Crippen LogP contribution in [-0.4, -0.2) is 11.9 Å². The quantitative estimate of drug-likeness (QED) is 0.329. The second-order valence-electron chi connectivity index (χ2n) is 12.9. The average molecular weight is 481 g/mol. The molecule has 192 valence electrons. The van der Waals surface area contributed by atoms with Gasteiger partial charge in [-0.05, 0) is 81.5 Å². The molecule has 0 aliphatic heterocycles. The summed E-state index contributed by atoms with van der Waals surface area (Å²) in [4.78, 5) is 25.6. The molecule has 2 rings (SSSR count). The van der Waals surface area contributed by atoms with Gasteiger partial charge in [-0.1, -0.05) is 53.7 Å². The van der Waals surface area contributed by atoms with E-state index >= 15 is 0 Å². The normalized spacial score (nSPS) is 12.5. The van der Waals surface area contributed by atoms with Crippen LogP contribution in [0.3, 0.4) is 0 Å². The van der Waals surface area contributed by atoms with E-state index in [1.165, 1.54) is 6.92 Å². The first kappa shape index (κ1) is 28.6. The van der Waals surface area contributed by atoms with Crippen molar-refractivity contribution in [3.8, 4) is 22.6 Å². The lowest BCUT2D eigenvalue weighted by molar-refractivity contribution is -0.143. The Morgan fingerprint density at radius 2 is 0.971 bits per heavy atom. The first-order valence-corrected chi connectivity index (χ1v) is 12.4. The summed E-state index contributed by atoms with van der Waals surface area (Å²) in [6.07, 6.45) is 0. The standard InChI is InChI=1S/C31H44O4/c1-17-15-22(29(6,7)8)26(34-21(5)32)24(19(17)3)25-20(4)18(2)16-23(30(9,10)11)27(25)35-28(33)31(12,13)14/h15-16H,1-14H3. The molecular weight excluding hydrogens is 436 g/mol. The van der Waals surface area contributed by atoms with Crippen LogP contribution in [0.5, 0.6) is 11.5 Å². The van der Waals surface area contributed by atoms with Gasteiger partial charge in [0.05, 0.1) is 5.41 Å². The summed E-state index contributed by atoms with van der Waals surface area (Å²) in [5, 5.41) is 0. The zero-order valence-corrected chi connectivity index (χ0v) is 24.3. The minimum Gasteiger partial charge on any atom is -0.426 e. The second kappa shape index (κ2) is 9.44. The van der Waals surface area contributed by atoms with Crippen LogP contribution in [-0.2, 0) is 20.4 Å². The van der Waals surface area contributed by atoms with E-state index in [2.05, 4.69) is 67.5 Å². The van der Waals surface area contributed by atoms with Gasteiger partial charge in [-0.15, -0.1) is 0 Å². The monoisotopic (exact) mass is 480 g/mol. The van der Waals surface area contributed by atoms with Gasteiger partial charge in [0.2, 0.25) is 0 Å². The third kappa shape index (κ3) is 5.97. The highest BCUT2D eigenvalue weighted by Gasteiger charge is 2.34. The Morgan fingerprint density at radius 1 is 0.629 bits per heavy atom. The fraction of sp³-hybridized carbons (Fsp3) is 0.548. The second-order valence-corrected chi connectivity index (χ2v) is 12.9. The van der Waals surface area contributed by atoms with Gasteiger partial charge >= 0.3 is 11.9 Å². The first-order chi connectivity index (χ1) is 15.7. The van der Waals surface area contributed by atoms with Gasteiger partial charge in [0.1, 0.15) is 11.5 Å². The van der Waals surface area contributed by atoms with E-state index in [1.54, 1.807) is 0 Å². The summed E-state index contributed by atoms with van der Waals surface area (Å²) in [7, 11) is 0. The molecule has 0 heterocycles. The van der Waals surface area contributed by atoms with Crippen molar-refractivity contribution in [2.75, 3.05) is 0 Å². The van der Waals surface area contributed by atoms with Crippen molar-refractivity contribution < 1.29 is 19.1 Å². The van der Waals surface area contributed by atoms with E-state index in [9.17, 15) is 9.59 Å². The number of hydrogen-bond acceptors (Lipinski definition) is 4. The molecule has 0 aliphatic carbocycles. The van der Waals surface area contributed by atoms with Crippen molar-refractivity contribution in [3.05, 3.63) is 45.5 Å². The fourth-order valence-electron chi connectivity index (χ4n) is 4.10. The van der Waals surface area contributed by atoms with Crippen LogP contribution in [0.25, 0.3) is 11.1 Å². The number of hydrogen-bond donors (Lipinski definition) is 0. The Morgan fingerprint density at radius 3 is 1.26 bits per heavy atom. The number of carbonyl (C=O) groups excluding carboxylic acids is 2. The Kier molecular flexibility index (Phi) is 7.72. The van der Waals surface area contributed by atoms with Crippen LogP contribution in [0.1, 0.15) is 103 Å². The SMILES string of the molecule is CC(=O)Oc1c(C(C)(C)C)cc(C)c(C)c1-c1c(C)c(C)cc(C(C)(C)C)c1OC(=O)C(C)(C)C. The van der Waals surface area contributed by atoms with Gasteiger partial charge in [0.25, 0.3) is 0 Å². The van der Waals surface area contributed by atoms with Gasteiger partial charge in [0.15, 0.2) is 0 Å². The number of carbonyl (C=O) groups is 2. The highest BCUT2D eigenvalue weighted by atomic mass is 16.5. The summed E-state index contributed by atoms with van der Waals surface area (Å²) in [6, 6.07) is 4.22. The van der Waals surface area contributed by atoms with E-state index in [-0.39, 0.29) is 22.8 Å². The molecule has 0 fully saturated rings. The molecule has 2 aromatic carbocycles. The Balaban J connectivity index is 3.21. The molecule has 0 unspecified atom stereocenters. The lowest BCUT2D eigenvalue weighted by Crippen LogP contribution is -2.28. The van der Waals surface area contributed by atoms with Gasteiger partial charge in [-0.3, -0.25) is 9.59 Å². The number of aryl methyl sites for hydroxylation is 2. The summed E-state index contributed by atoms with van der Waals surface area (Å²) < 4.78 is 12.2. The Hall–Kier alpha value is -2.62. The maximum absolute atomic E-state index is 13.2. The van der Waals surface area contributed by atoms with Gasteiger partial charge in [-0.2, -0.15) is 0 Å². The molecule has 0 aliphatic rings. The summed E-state index contributed by atoms with van der Waals surface area (Å²) in [6.45, 7) is 27.9. The third-order valence-corrected chi connectivity index (χ3v) is 6.52. The molecule has 0 saturated heterocycles. The number of rotatable bonds is 3. The predicted molar refractivity (Wildman–Crippen MR) is 145 cm³/mol. The lowest BCUT2D eigenvalue weighted by Gasteiger charge is -2.31. The van der Waals surface area contributed by atoms with Crippen molar-refractivity contribution in [3.63, 3.8) is 0 Å². The smallest absolute Gasteiger partial charge is 0.316 e. The molecule has 0 spiro atoms. The molecule has 0 N–H and O–H groups in total. The summed E-state index contributed by atoms with van der Waals surface area (Å²) >= 11 is 0. The highest BCUT2D eigenvalue weighted by molar-refractivity contribution is 5.90.